The standard InChI is InChI=1S/C27H34N4O3S/c1-7-31-19(6)23(25(32)34-15-16(2)3)24(30-27(31)35)20-9-11-21(12-10-20)28-26(33)29-22-13-8-17(4)14-18(22)5/h8-14,16,24H,7,15H2,1-6H3,(H,30,35)(H2,28,29,33). The summed E-state index contributed by atoms with van der Waals surface area (Å²) in [5.74, 6) is -0.122. The number of urea groups is 1. The maximum absolute atomic E-state index is 13.0. The number of carbonyl (C=O) groups excluding carboxylic acids is 2. The average Bonchev–Trinajstić information content (AvgIpc) is 2.80. The molecule has 7 nitrogen and oxygen atoms in total. The van der Waals surface area contributed by atoms with E-state index in [0.717, 1.165) is 28.1 Å². The molecule has 1 unspecified atom stereocenters. The van der Waals surface area contributed by atoms with E-state index in [2.05, 4.69) is 16.0 Å². The molecule has 0 aromatic heterocycles. The fourth-order valence-electron chi connectivity index (χ4n) is 3.99. The summed E-state index contributed by atoms with van der Waals surface area (Å²) in [5.41, 5.74) is 5.69. The van der Waals surface area contributed by atoms with Gasteiger partial charge in [0.2, 0.25) is 0 Å². The van der Waals surface area contributed by atoms with E-state index in [9.17, 15) is 9.59 Å². The minimum atomic E-state index is -0.442. The minimum Gasteiger partial charge on any atom is -0.462 e. The number of aryl methyl sites for hydroxylation is 2. The van der Waals surface area contributed by atoms with Gasteiger partial charge in [-0.15, -0.1) is 0 Å². The van der Waals surface area contributed by atoms with E-state index < -0.39 is 6.04 Å². The van der Waals surface area contributed by atoms with Gasteiger partial charge in [-0.1, -0.05) is 43.7 Å². The van der Waals surface area contributed by atoms with Crippen LogP contribution in [0.25, 0.3) is 0 Å². The summed E-state index contributed by atoms with van der Waals surface area (Å²) < 4.78 is 5.57. The summed E-state index contributed by atoms with van der Waals surface area (Å²) >= 11 is 5.55. The van der Waals surface area contributed by atoms with Crippen molar-refractivity contribution in [3.63, 3.8) is 0 Å². The smallest absolute Gasteiger partial charge is 0.338 e. The second-order valence-corrected chi connectivity index (χ2v) is 9.52. The quantitative estimate of drug-likeness (QED) is 0.340. The molecule has 186 valence electrons. The van der Waals surface area contributed by atoms with Crippen LogP contribution in [0.5, 0.6) is 0 Å². The summed E-state index contributed by atoms with van der Waals surface area (Å²) in [6.07, 6.45) is 0. The summed E-state index contributed by atoms with van der Waals surface area (Å²) in [5, 5.41) is 9.58. The van der Waals surface area contributed by atoms with Crippen molar-refractivity contribution in [1.82, 2.24) is 10.2 Å². The molecule has 3 N–H and O–H groups in total. The number of thiocarbonyl (C=S) groups is 1. The molecule has 1 aliphatic rings. The molecule has 2 amide bonds. The lowest BCUT2D eigenvalue weighted by atomic mass is 9.95. The van der Waals surface area contributed by atoms with Gasteiger partial charge in [-0.3, -0.25) is 0 Å². The van der Waals surface area contributed by atoms with Crippen molar-refractivity contribution in [2.45, 2.75) is 47.6 Å². The van der Waals surface area contributed by atoms with Gasteiger partial charge in [0.15, 0.2) is 5.11 Å². The number of allylic oxidation sites excluding steroid dienone is 1. The van der Waals surface area contributed by atoms with Gasteiger partial charge in [-0.05, 0) is 75.2 Å². The van der Waals surface area contributed by atoms with E-state index in [1.54, 1.807) is 12.1 Å². The van der Waals surface area contributed by atoms with Crippen LogP contribution in [0.3, 0.4) is 0 Å². The van der Waals surface area contributed by atoms with Crippen molar-refractivity contribution in [1.29, 1.82) is 0 Å². The normalized spacial score (nSPS) is 15.7. The first-order valence-electron chi connectivity index (χ1n) is 11.8. The molecule has 1 heterocycles. The minimum absolute atomic E-state index is 0.235. The molecular formula is C27H34N4O3S. The van der Waals surface area contributed by atoms with Gasteiger partial charge in [0, 0.05) is 23.6 Å². The molecule has 8 heteroatoms. The first kappa shape index (κ1) is 26.2. The van der Waals surface area contributed by atoms with Crippen LogP contribution in [0.1, 0.15) is 50.4 Å². The van der Waals surface area contributed by atoms with E-state index in [1.165, 1.54) is 0 Å². The summed E-state index contributed by atoms with van der Waals surface area (Å²) in [6.45, 7) is 12.8. The van der Waals surface area contributed by atoms with Crippen LogP contribution >= 0.6 is 12.2 Å². The molecule has 2 aromatic carbocycles. The maximum Gasteiger partial charge on any atom is 0.338 e. The molecule has 35 heavy (non-hydrogen) atoms. The summed E-state index contributed by atoms with van der Waals surface area (Å²) in [4.78, 5) is 27.4. The van der Waals surface area contributed by atoms with Gasteiger partial charge in [-0.2, -0.15) is 0 Å². The predicted molar refractivity (Wildman–Crippen MR) is 144 cm³/mol. The van der Waals surface area contributed by atoms with Crippen molar-refractivity contribution < 1.29 is 14.3 Å². The first-order chi connectivity index (χ1) is 16.6. The molecule has 0 saturated carbocycles. The topological polar surface area (TPSA) is 82.7 Å². The number of nitrogens with zero attached hydrogens (tertiary/aromatic N) is 1. The number of carbonyl (C=O) groups is 2. The monoisotopic (exact) mass is 494 g/mol. The zero-order chi connectivity index (χ0) is 25.7. The molecule has 0 spiro atoms. The molecule has 0 bridgehead atoms. The van der Waals surface area contributed by atoms with Crippen LogP contribution < -0.4 is 16.0 Å². The highest BCUT2D eigenvalue weighted by atomic mass is 32.1. The molecular weight excluding hydrogens is 460 g/mol. The van der Waals surface area contributed by atoms with Crippen LogP contribution in [-0.4, -0.2) is 35.2 Å². The van der Waals surface area contributed by atoms with Crippen LogP contribution in [0.4, 0.5) is 16.2 Å². The van der Waals surface area contributed by atoms with Crippen molar-refractivity contribution in [2.75, 3.05) is 23.8 Å². The van der Waals surface area contributed by atoms with Crippen molar-refractivity contribution in [3.8, 4) is 0 Å². The maximum atomic E-state index is 13.0. The molecule has 0 fully saturated rings. The highest BCUT2D eigenvalue weighted by molar-refractivity contribution is 7.80. The Hall–Kier alpha value is -3.39. The van der Waals surface area contributed by atoms with Crippen molar-refractivity contribution in [3.05, 3.63) is 70.4 Å². The number of hydrogen-bond donors (Lipinski definition) is 3. The summed E-state index contributed by atoms with van der Waals surface area (Å²) in [6, 6.07) is 12.5. The van der Waals surface area contributed by atoms with Gasteiger partial charge in [0.25, 0.3) is 0 Å². The number of nitrogens with one attached hydrogen (secondary N) is 3. The molecule has 1 aliphatic heterocycles. The summed E-state index contributed by atoms with van der Waals surface area (Å²) in [7, 11) is 0. The predicted octanol–water partition coefficient (Wildman–Crippen LogP) is 5.67. The van der Waals surface area contributed by atoms with Crippen LogP contribution in [0, 0.1) is 19.8 Å². The van der Waals surface area contributed by atoms with E-state index in [4.69, 9.17) is 17.0 Å². The number of hydrogen-bond acceptors (Lipinski definition) is 4. The van der Waals surface area contributed by atoms with Crippen LogP contribution in [0.2, 0.25) is 0 Å². The lowest BCUT2D eigenvalue weighted by Gasteiger charge is -2.37. The number of ether oxygens (including phenoxy) is 1. The van der Waals surface area contributed by atoms with Gasteiger partial charge in [0.05, 0.1) is 18.2 Å². The highest BCUT2D eigenvalue weighted by Gasteiger charge is 2.34. The van der Waals surface area contributed by atoms with E-state index in [0.29, 0.717) is 29.5 Å². The largest absolute Gasteiger partial charge is 0.462 e. The SMILES string of the molecule is CCN1C(=S)NC(c2ccc(NC(=O)Nc3ccc(C)cc3C)cc2)C(C(=O)OCC(C)C)=C1C. The Morgan fingerprint density at radius 3 is 2.37 bits per heavy atom. The zero-order valence-electron chi connectivity index (χ0n) is 21.2. The van der Waals surface area contributed by atoms with E-state index >= 15 is 0 Å². The third kappa shape index (κ3) is 6.39. The number of anilines is 2. The second kappa shape index (κ2) is 11.4. The molecule has 3 rings (SSSR count). The van der Waals surface area contributed by atoms with E-state index in [1.807, 2.05) is 76.8 Å². The van der Waals surface area contributed by atoms with Gasteiger partial charge >= 0.3 is 12.0 Å². The molecule has 2 aromatic rings. The zero-order valence-corrected chi connectivity index (χ0v) is 22.0. The molecule has 0 saturated heterocycles. The third-order valence-electron chi connectivity index (χ3n) is 5.81. The third-order valence-corrected chi connectivity index (χ3v) is 6.15. The number of amides is 2. The molecule has 0 radical (unpaired) electrons. The van der Waals surface area contributed by atoms with Gasteiger partial charge in [0.1, 0.15) is 0 Å². The highest BCUT2D eigenvalue weighted by Crippen LogP contribution is 2.32. The van der Waals surface area contributed by atoms with Gasteiger partial charge < -0.3 is 25.6 Å². The van der Waals surface area contributed by atoms with Crippen molar-refractivity contribution >= 4 is 40.7 Å². The van der Waals surface area contributed by atoms with Crippen LogP contribution in [0.15, 0.2) is 53.7 Å². The Bertz CT molecular complexity index is 1140. The Morgan fingerprint density at radius 1 is 1.09 bits per heavy atom. The Labute approximate surface area is 212 Å². The first-order valence-corrected chi connectivity index (χ1v) is 12.2. The lowest BCUT2D eigenvalue weighted by Crippen LogP contribution is -2.47. The number of benzene rings is 2. The average molecular weight is 495 g/mol. The Morgan fingerprint density at radius 2 is 1.77 bits per heavy atom. The molecule has 0 aliphatic carbocycles. The van der Waals surface area contributed by atoms with E-state index in [-0.39, 0.29) is 17.9 Å². The van der Waals surface area contributed by atoms with Gasteiger partial charge in [-0.25, -0.2) is 9.59 Å². The molecule has 1 atom stereocenters. The second-order valence-electron chi connectivity index (χ2n) is 9.14. The number of rotatable bonds is 7. The van der Waals surface area contributed by atoms with Crippen molar-refractivity contribution in [2.24, 2.45) is 5.92 Å². The Kier molecular flexibility index (Phi) is 8.51. The Balaban J connectivity index is 1.78. The fraction of sp³-hybridized carbons (Fsp3) is 0.370. The lowest BCUT2D eigenvalue weighted by molar-refractivity contribution is -0.140. The number of esters is 1. The van der Waals surface area contributed by atoms with Crippen LogP contribution in [-0.2, 0) is 9.53 Å². The fourth-order valence-corrected chi connectivity index (χ4v) is 4.38.